The van der Waals surface area contributed by atoms with Gasteiger partial charge in [-0.2, -0.15) is 17.0 Å². The molecule has 1 aliphatic carbocycles. The fourth-order valence-electron chi connectivity index (χ4n) is 1.75. The Kier molecular flexibility index (Phi) is 4.63. The maximum atomic E-state index is 12.0. The minimum atomic E-state index is -3.30. The van der Waals surface area contributed by atoms with Gasteiger partial charge in [0, 0.05) is 32.1 Å². The Morgan fingerprint density at radius 2 is 1.81 bits per heavy atom. The van der Waals surface area contributed by atoms with Crippen LogP contribution in [0.5, 0.6) is 0 Å². The van der Waals surface area contributed by atoms with Crippen LogP contribution in [0.4, 0.5) is 0 Å². The lowest BCUT2D eigenvalue weighted by Gasteiger charge is -2.35. The van der Waals surface area contributed by atoms with E-state index in [1.807, 2.05) is 13.8 Å². The molecule has 0 atom stereocenters. The molecule has 0 heterocycles. The number of halogens is 1. The first-order valence-corrected chi connectivity index (χ1v) is 7.41. The van der Waals surface area contributed by atoms with E-state index in [-0.39, 0.29) is 11.4 Å². The van der Waals surface area contributed by atoms with Crippen LogP contribution < -0.4 is 0 Å². The van der Waals surface area contributed by atoms with Crippen molar-refractivity contribution in [2.75, 3.05) is 20.6 Å². The fraction of sp³-hybridized carbons (Fsp3) is 1.00. The van der Waals surface area contributed by atoms with Crippen LogP contribution in [0.1, 0.15) is 26.7 Å². The Balaban J connectivity index is 2.55. The van der Waals surface area contributed by atoms with E-state index in [9.17, 15) is 8.42 Å². The molecule has 0 aromatic rings. The van der Waals surface area contributed by atoms with Crippen molar-refractivity contribution in [1.29, 1.82) is 0 Å². The normalized spacial score (nSPS) is 26.5. The predicted molar refractivity (Wildman–Crippen MR) is 66.8 cm³/mol. The highest BCUT2D eigenvalue weighted by atomic mass is 35.5. The zero-order chi connectivity index (χ0) is 12.5. The molecule has 1 saturated carbocycles. The van der Waals surface area contributed by atoms with Gasteiger partial charge in [-0.1, -0.05) is 0 Å². The summed E-state index contributed by atoms with van der Waals surface area (Å²) in [6.07, 6.45) is 1.85. The van der Waals surface area contributed by atoms with Crippen LogP contribution in [0.2, 0.25) is 0 Å². The molecule has 1 rings (SSSR count). The lowest BCUT2D eigenvalue weighted by atomic mass is 9.85. The Morgan fingerprint density at radius 3 is 2.19 bits per heavy atom. The number of hydrogen-bond acceptors (Lipinski definition) is 2. The molecule has 0 unspecified atom stereocenters. The summed E-state index contributed by atoms with van der Waals surface area (Å²) in [5, 5.41) is 0.240. The van der Waals surface area contributed by atoms with Crippen molar-refractivity contribution in [2.24, 2.45) is 5.92 Å². The second-order valence-corrected chi connectivity index (χ2v) is 7.55. The molecule has 0 spiro atoms. The molecule has 16 heavy (non-hydrogen) atoms. The van der Waals surface area contributed by atoms with Crippen molar-refractivity contribution < 1.29 is 8.42 Å². The number of nitrogens with zero attached hydrogens (tertiary/aromatic N) is 2. The van der Waals surface area contributed by atoms with E-state index < -0.39 is 10.2 Å². The Hall–Kier alpha value is 0.160. The van der Waals surface area contributed by atoms with Crippen molar-refractivity contribution >= 4 is 21.8 Å². The first-order valence-electron chi connectivity index (χ1n) is 5.58. The number of rotatable bonds is 5. The highest BCUT2D eigenvalue weighted by molar-refractivity contribution is 7.86. The molecule has 0 bridgehead atoms. The highest BCUT2D eigenvalue weighted by Crippen LogP contribution is 2.32. The molecular weight excluding hydrogens is 248 g/mol. The molecule has 0 amide bonds. The largest absolute Gasteiger partial charge is 0.281 e. The zero-order valence-corrected chi connectivity index (χ0v) is 11.9. The maximum Gasteiger partial charge on any atom is 0.281 e. The van der Waals surface area contributed by atoms with Gasteiger partial charge < -0.3 is 0 Å². The van der Waals surface area contributed by atoms with E-state index >= 15 is 0 Å². The van der Waals surface area contributed by atoms with Crippen molar-refractivity contribution in [1.82, 2.24) is 8.61 Å². The van der Waals surface area contributed by atoms with Gasteiger partial charge in [-0.3, -0.25) is 0 Å². The summed E-state index contributed by atoms with van der Waals surface area (Å²) in [4.78, 5) is 0. The molecule has 0 N–H and O–H groups in total. The Bertz CT molecular complexity index is 326. The maximum absolute atomic E-state index is 12.0. The van der Waals surface area contributed by atoms with Gasteiger partial charge in [0.2, 0.25) is 0 Å². The van der Waals surface area contributed by atoms with Gasteiger partial charge in [-0.25, -0.2) is 0 Å². The average Bonchev–Trinajstić information content (AvgIpc) is 2.13. The smallest absolute Gasteiger partial charge is 0.195 e. The highest BCUT2D eigenvalue weighted by Gasteiger charge is 2.33. The summed E-state index contributed by atoms with van der Waals surface area (Å²) in [7, 11) is -0.0560. The van der Waals surface area contributed by atoms with Gasteiger partial charge in [0.05, 0.1) is 0 Å². The van der Waals surface area contributed by atoms with Gasteiger partial charge in [0.25, 0.3) is 10.2 Å². The van der Waals surface area contributed by atoms with E-state index in [2.05, 4.69) is 0 Å². The third kappa shape index (κ3) is 3.09. The molecule has 1 aliphatic rings. The first-order chi connectivity index (χ1) is 7.25. The molecule has 0 aromatic heterocycles. The molecule has 0 radical (unpaired) electrons. The summed E-state index contributed by atoms with van der Waals surface area (Å²) >= 11 is 5.88. The van der Waals surface area contributed by atoms with E-state index in [4.69, 9.17) is 11.6 Å². The Labute approximate surface area is 104 Å². The summed E-state index contributed by atoms with van der Waals surface area (Å²) in [6, 6.07) is -0.0189. The van der Waals surface area contributed by atoms with Crippen LogP contribution in [-0.2, 0) is 10.2 Å². The average molecular weight is 269 g/mol. The van der Waals surface area contributed by atoms with Crippen molar-refractivity contribution in [3.05, 3.63) is 0 Å². The molecule has 0 saturated heterocycles. The van der Waals surface area contributed by atoms with E-state index in [0.29, 0.717) is 12.5 Å². The Morgan fingerprint density at radius 1 is 1.31 bits per heavy atom. The standard InChI is InChI=1S/C10H21ClN2O2S/c1-8(2)13(4)16(14,15)12(3)7-9-5-10(11)6-9/h8-10H,5-7H2,1-4H3. The predicted octanol–water partition coefficient (Wildman–Crippen LogP) is 1.52. The fourth-order valence-corrected chi connectivity index (χ4v) is 3.62. The minimum Gasteiger partial charge on any atom is -0.195 e. The zero-order valence-electron chi connectivity index (χ0n) is 10.4. The van der Waals surface area contributed by atoms with E-state index in [1.54, 1.807) is 14.1 Å². The van der Waals surface area contributed by atoms with Crippen LogP contribution in [0.3, 0.4) is 0 Å². The lowest BCUT2D eigenvalue weighted by Crippen LogP contribution is -2.46. The summed E-state index contributed by atoms with van der Waals surface area (Å²) in [5.74, 6) is 0.419. The summed E-state index contributed by atoms with van der Waals surface area (Å²) in [6.45, 7) is 4.30. The van der Waals surface area contributed by atoms with Gasteiger partial charge in [0.1, 0.15) is 0 Å². The SMILES string of the molecule is CC(C)N(C)S(=O)(=O)N(C)CC1CC(Cl)C1. The third-order valence-electron chi connectivity index (χ3n) is 3.18. The second kappa shape index (κ2) is 5.21. The summed E-state index contributed by atoms with van der Waals surface area (Å²) in [5.41, 5.74) is 0. The molecular formula is C10H21ClN2O2S. The first kappa shape index (κ1) is 14.2. The number of alkyl halides is 1. The molecule has 1 fully saturated rings. The molecule has 6 heteroatoms. The summed E-state index contributed by atoms with van der Waals surface area (Å²) < 4.78 is 26.9. The molecule has 0 aliphatic heterocycles. The van der Waals surface area contributed by atoms with Gasteiger partial charge in [-0.15, -0.1) is 11.6 Å². The van der Waals surface area contributed by atoms with Gasteiger partial charge in [-0.05, 0) is 32.6 Å². The topological polar surface area (TPSA) is 40.6 Å². The minimum absolute atomic E-state index is 0.0189. The molecule has 96 valence electrons. The van der Waals surface area contributed by atoms with Crippen molar-refractivity contribution in [3.8, 4) is 0 Å². The van der Waals surface area contributed by atoms with Crippen molar-refractivity contribution in [3.63, 3.8) is 0 Å². The van der Waals surface area contributed by atoms with Gasteiger partial charge >= 0.3 is 0 Å². The number of hydrogen-bond donors (Lipinski definition) is 0. The van der Waals surface area contributed by atoms with E-state index in [0.717, 1.165) is 12.8 Å². The monoisotopic (exact) mass is 268 g/mol. The van der Waals surface area contributed by atoms with Crippen molar-refractivity contribution in [2.45, 2.75) is 38.1 Å². The second-order valence-electron chi connectivity index (χ2n) is 4.83. The van der Waals surface area contributed by atoms with Crippen LogP contribution in [-0.4, -0.2) is 49.1 Å². The lowest BCUT2D eigenvalue weighted by molar-refractivity contribution is 0.256. The third-order valence-corrected chi connectivity index (χ3v) is 5.62. The van der Waals surface area contributed by atoms with Gasteiger partial charge in [0.15, 0.2) is 0 Å². The quantitative estimate of drug-likeness (QED) is 0.710. The molecule has 4 nitrogen and oxygen atoms in total. The van der Waals surface area contributed by atoms with Crippen LogP contribution in [0, 0.1) is 5.92 Å². The van der Waals surface area contributed by atoms with Crippen LogP contribution in [0.15, 0.2) is 0 Å². The van der Waals surface area contributed by atoms with E-state index in [1.165, 1.54) is 8.61 Å². The molecule has 0 aromatic carbocycles. The van der Waals surface area contributed by atoms with Crippen LogP contribution >= 0.6 is 11.6 Å². The van der Waals surface area contributed by atoms with Crippen LogP contribution in [0.25, 0.3) is 0 Å².